The van der Waals surface area contributed by atoms with Crippen molar-refractivity contribution in [3.8, 4) is 0 Å². The van der Waals surface area contributed by atoms with E-state index in [9.17, 15) is 4.79 Å². The van der Waals surface area contributed by atoms with Crippen LogP contribution in [0.15, 0.2) is 48.5 Å². The van der Waals surface area contributed by atoms with Gasteiger partial charge in [-0.1, -0.05) is 48.5 Å². The van der Waals surface area contributed by atoms with E-state index in [0.29, 0.717) is 5.13 Å². The minimum Gasteiger partial charge on any atom is -0.301 e. The van der Waals surface area contributed by atoms with Gasteiger partial charge in [-0.3, -0.25) is 4.79 Å². The first-order valence-corrected chi connectivity index (χ1v) is 10.2. The predicted octanol–water partition coefficient (Wildman–Crippen LogP) is 5.39. The van der Waals surface area contributed by atoms with Gasteiger partial charge in [0.25, 0.3) is 0 Å². The molecule has 27 heavy (non-hydrogen) atoms. The van der Waals surface area contributed by atoms with E-state index in [1.54, 1.807) is 11.3 Å². The van der Waals surface area contributed by atoms with Gasteiger partial charge in [0.2, 0.25) is 5.91 Å². The highest BCUT2D eigenvalue weighted by Crippen LogP contribution is 2.61. The van der Waals surface area contributed by atoms with Gasteiger partial charge in [0.1, 0.15) is 0 Å². The van der Waals surface area contributed by atoms with Crippen molar-refractivity contribution in [1.29, 1.82) is 0 Å². The first kappa shape index (κ1) is 16.7. The second-order valence-electron chi connectivity index (χ2n) is 7.98. The number of thiazole rings is 1. The Bertz CT molecular complexity index is 1000. The third-order valence-electron chi connectivity index (χ3n) is 6.40. The van der Waals surface area contributed by atoms with E-state index in [0.717, 1.165) is 17.0 Å². The third kappa shape index (κ3) is 2.32. The number of fused-ring (bicyclic) bond motifs is 1. The topological polar surface area (TPSA) is 42.0 Å². The molecule has 0 radical (unpaired) electrons. The zero-order valence-electron chi connectivity index (χ0n) is 15.7. The Morgan fingerprint density at radius 1 is 1.04 bits per heavy atom. The molecular weight excluding hydrogens is 352 g/mol. The first-order chi connectivity index (χ1) is 13.0. The Morgan fingerprint density at radius 3 is 2.11 bits per heavy atom. The molecule has 3 aliphatic carbocycles. The van der Waals surface area contributed by atoms with E-state index in [-0.39, 0.29) is 17.7 Å². The maximum absolute atomic E-state index is 13.5. The molecule has 0 unspecified atom stereocenters. The lowest BCUT2D eigenvalue weighted by atomic mass is 9.52. The lowest BCUT2D eigenvalue weighted by molar-refractivity contribution is -0.126. The van der Waals surface area contributed by atoms with Crippen LogP contribution in [-0.2, 0) is 4.79 Å². The second-order valence-corrected chi connectivity index (χ2v) is 9.18. The molecule has 3 aliphatic rings. The van der Waals surface area contributed by atoms with Crippen molar-refractivity contribution in [2.45, 2.75) is 39.0 Å². The predicted molar refractivity (Wildman–Crippen MR) is 110 cm³/mol. The normalized spacial score (nSPS) is 25.0. The molecule has 1 heterocycles. The van der Waals surface area contributed by atoms with Crippen LogP contribution in [0, 0.1) is 19.3 Å². The van der Waals surface area contributed by atoms with Gasteiger partial charge in [0, 0.05) is 16.7 Å². The molecule has 3 nitrogen and oxygen atoms in total. The van der Waals surface area contributed by atoms with Crippen molar-refractivity contribution in [3.05, 3.63) is 81.4 Å². The highest BCUT2D eigenvalue weighted by Gasteiger charge is 2.53. The summed E-state index contributed by atoms with van der Waals surface area (Å²) in [5, 5.41) is 3.84. The van der Waals surface area contributed by atoms with Gasteiger partial charge >= 0.3 is 0 Å². The number of aromatic nitrogens is 1. The zero-order valence-corrected chi connectivity index (χ0v) is 16.6. The summed E-state index contributed by atoms with van der Waals surface area (Å²) in [6, 6.07) is 17.3. The number of nitrogens with zero attached hydrogens (tertiary/aromatic N) is 1. The molecule has 4 heteroatoms. The number of hydrogen-bond donors (Lipinski definition) is 1. The fraction of sp³-hybridized carbons (Fsp3) is 0.304. The summed E-state index contributed by atoms with van der Waals surface area (Å²) >= 11 is 1.55. The number of carbonyl (C=O) groups excluding carboxylic acids is 1. The molecule has 2 aromatic carbocycles. The quantitative estimate of drug-likeness (QED) is 0.654. The molecule has 136 valence electrons. The SMILES string of the molecule is Cc1nc(NC(=O)[C@@]2(C)CC3c4ccccc4C2c2ccccc23)sc1C. The molecule has 2 bridgehead atoms. The fourth-order valence-electron chi connectivity index (χ4n) is 4.96. The van der Waals surface area contributed by atoms with E-state index < -0.39 is 5.41 Å². The Hall–Kier alpha value is -2.46. The first-order valence-electron chi connectivity index (χ1n) is 9.42. The van der Waals surface area contributed by atoms with Crippen LogP contribution in [0.3, 0.4) is 0 Å². The summed E-state index contributed by atoms with van der Waals surface area (Å²) in [6.45, 7) is 6.15. The molecule has 3 aromatic rings. The highest BCUT2D eigenvalue weighted by atomic mass is 32.1. The summed E-state index contributed by atoms with van der Waals surface area (Å²) < 4.78 is 0. The molecule has 0 fully saturated rings. The second kappa shape index (κ2) is 5.77. The van der Waals surface area contributed by atoms with Crippen molar-refractivity contribution in [1.82, 2.24) is 4.98 Å². The van der Waals surface area contributed by atoms with Crippen LogP contribution in [-0.4, -0.2) is 10.9 Å². The van der Waals surface area contributed by atoms with Crippen LogP contribution >= 0.6 is 11.3 Å². The summed E-state index contributed by atoms with van der Waals surface area (Å²) in [5.74, 6) is 0.435. The van der Waals surface area contributed by atoms with Crippen LogP contribution in [0.2, 0.25) is 0 Å². The van der Waals surface area contributed by atoms with Gasteiger partial charge in [-0.15, -0.1) is 11.3 Å². The number of carbonyl (C=O) groups is 1. The van der Waals surface area contributed by atoms with Crippen LogP contribution in [0.1, 0.15) is 58.0 Å². The van der Waals surface area contributed by atoms with Crippen molar-refractivity contribution in [3.63, 3.8) is 0 Å². The number of benzene rings is 2. The molecule has 0 saturated carbocycles. The van der Waals surface area contributed by atoms with E-state index >= 15 is 0 Å². The van der Waals surface area contributed by atoms with Crippen LogP contribution in [0.25, 0.3) is 0 Å². The Labute approximate surface area is 163 Å². The van der Waals surface area contributed by atoms with Gasteiger partial charge in [-0.25, -0.2) is 4.98 Å². The van der Waals surface area contributed by atoms with Gasteiger partial charge in [-0.05, 0) is 49.4 Å². The minimum absolute atomic E-state index is 0.0789. The van der Waals surface area contributed by atoms with Crippen molar-refractivity contribution in [2.75, 3.05) is 5.32 Å². The van der Waals surface area contributed by atoms with E-state index in [1.807, 2.05) is 13.8 Å². The lowest BCUT2D eigenvalue weighted by Crippen LogP contribution is -2.47. The summed E-state index contributed by atoms with van der Waals surface area (Å²) in [5.41, 5.74) is 5.87. The summed E-state index contributed by atoms with van der Waals surface area (Å²) in [6.07, 6.45) is 0.834. The standard InChI is InChI=1S/C23H22N2OS/c1-13-14(2)27-22(24-13)25-21(26)23(3)12-19-15-8-4-6-10-17(15)20(23)18-11-7-5-9-16(18)19/h4-11,19-20H,12H2,1-3H3,(H,24,25,26)/t19?,20?,23-/m0/s1. The van der Waals surface area contributed by atoms with Gasteiger partial charge in [-0.2, -0.15) is 0 Å². The van der Waals surface area contributed by atoms with Crippen LogP contribution in [0.4, 0.5) is 5.13 Å². The molecule has 1 N–H and O–H groups in total. The van der Waals surface area contributed by atoms with Gasteiger partial charge in [0.15, 0.2) is 5.13 Å². The van der Waals surface area contributed by atoms with Crippen molar-refractivity contribution in [2.24, 2.45) is 5.41 Å². The third-order valence-corrected chi connectivity index (χ3v) is 7.39. The molecule has 6 rings (SSSR count). The maximum Gasteiger partial charge on any atom is 0.233 e. The fourth-order valence-corrected chi connectivity index (χ4v) is 5.77. The van der Waals surface area contributed by atoms with Crippen molar-refractivity contribution < 1.29 is 4.79 Å². The maximum atomic E-state index is 13.5. The Morgan fingerprint density at radius 2 is 1.59 bits per heavy atom. The average Bonchev–Trinajstić information content (AvgIpc) is 2.99. The molecule has 1 atom stereocenters. The van der Waals surface area contributed by atoms with E-state index in [4.69, 9.17) is 0 Å². The van der Waals surface area contributed by atoms with E-state index in [1.165, 1.54) is 22.3 Å². The lowest BCUT2D eigenvalue weighted by Gasteiger charge is -2.50. The minimum atomic E-state index is -0.485. The number of amides is 1. The van der Waals surface area contributed by atoms with Gasteiger partial charge < -0.3 is 5.32 Å². The number of nitrogens with one attached hydrogen (secondary N) is 1. The van der Waals surface area contributed by atoms with E-state index in [2.05, 4.69) is 65.8 Å². The molecule has 0 saturated heterocycles. The number of hydrogen-bond acceptors (Lipinski definition) is 3. The molecule has 1 amide bonds. The highest BCUT2D eigenvalue weighted by molar-refractivity contribution is 7.15. The average molecular weight is 375 g/mol. The van der Waals surface area contributed by atoms with Gasteiger partial charge in [0.05, 0.1) is 11.1 Å². The monoisotopic (exact) mass is 374 g/mol. The number of rotatable bonds is 2. The molecule has 0 aliphatic heterocycles. The molecular formula is C23H22N2OS. The summed E-state index contributed by atoms with van der Waals surface area (Å²) in [7, 11) is 0. The van der Waals surface area contributed by atoms with Crippen LogP contribution in [0.5, 0.6) is 0 Å². The smallest absolute Gasteiger partial charge is 0.233 e. The molecule has 0 spiro atoms. The molecule has 1 aromatic heterocycles. The largest absolute Gasteiger partial charge is 0.301 e. The van der Waals surface area contributed by atoms with Crippen LogP contribution < -0.4 is 5.32 Å². The number of aryl methyl sites for hydroxylation is 2. The summed E-state index contributed by atoms with van der Waals surface area (Å²) in [4.78, 5) is 19.1. The van der Waals surface area contributed by atoms with Crippen molar-refractivity contribution >= 4 is 22.4 Å². The Kier molecular flexibility index (Phi) is 3.57. The zero-order chi connectivity index (χ0) is 18.8. The number of anilines is 1. The Balaban J connectivity index is 1.60.